The smallest absolute Gasteiger partial charge is 0.332 e. The van der Waals surface area contributed by atoms with E-state index in [9.17, 15) is 18.8 Å². The molecule has 2 aromatic carbocycles. The minimum absolute atomic E-state index is 0.203. The molecule has 9 heteroatoms. The molecule has 4 aromatic rings. The van der Waals surface area contributed by atoms with Gasteiger partial charge in [-0.1, -0.05) is 48.0 Å². The van der Waals surface area contributed by atoms with Gasteiger partial charge >= 0.3 is 5.69 Å². The Morgan fingerprint density at radius 2 is 1.71 bits per heavy atom. The SMILES string of the molecule is O=C(Cn1c(=O)n(Cc2ccccc2F)c(=O)c2sccc21)NCc1ccccc1Cl. The van der Waals surface area contributed by atoms with Crippen LogP contribution < -0.4 is 16.6 Å². The molecule has 0 fully saturated rings. The van der Waals surface area contributed by atoms with Gasteiger partial charge in [0.2, 0.25) is 5.91 Å². The highest BCUT2D eigenvalue weighted by atomic mass is 35.5. The molecule has 0 aliphatic heterocycles. The van der Waals surface area contributed by atoms with Crippen LogP contribution in [0.5, 0.6) is 0 Å². The lowest BCUT2D eigenvalue weighted by molar-refractivity contribution is -0.121. The third kappa shape index (κ3) is 4.30. The summed E-state index contributed by atoms with van der Waals surface area (Å²) in [5, 5.41) is 4.94. The number of hydrogen-bond donors (Lipinski definition) is 1. The van der Waals surface area contributed by atoms with E-state index in [-0.39, 0.29) is 25.2 Å². The van der Waals surface area contributed by atoms with Gasteiger partial charge in [0.15, 0.2) is 0 Å². The van der Waals surface area contributed by atoms with Crippen LogP contribution in [0.3, 0.4) is 0 Å². The normalized spacial score (nSPS) is 11.0. The molecule has 1 amide bonds. The van der Waals surface area contributed by atoms with Crippen LogP contribution in [0.25, 0.3) is 10.2 Å². The molecule has 4 rings (SSSR count). The summed E-state index contributed by atoms with van der Waals surface area (Å²) in [6.45, 7) is -0.303. The van der Waals surface area contributed by atoms with Crippen LogP contribution >= 0.6 is 22.9 Å². The third-order valence-electron chi connectivity index (χ3n) is 4.86. The van der Waals surface area contributed by atoms with E-state index in [1.807, 2.05) is 6.07 Å². The van der Waals surface area contributed by atoms with Crippen LogP contribution in [0.1, 0.15) is 11.1 Å². The van der Waals surface area contributed by atoms with Crippen molar-refractivity contribution in [1.29, 1.82) is 0 Å². The Bertz CT molecular complexity index is 1390. The molecular weight excluding hydrogens is 441 g/mol. The van der Waals surface area contributed by atoms with Crippen LogP contribution in [0.2, 0.25) is 5.02 Å². The lowest BCUT2D eigenvalue weighted by atomic mass is 10.2. The first-order valence-electron chi connectivity index (χ1n) is 9.40. The molecule has 0 aliphatic rings. The molecule has 2 aromatic heterocycles. The molecule has 0 bridgehead atoms. The van der Waals surface area contributed by atoms with E-state index in [1.165, 1.54) is 34.1 Å². The molecule has 1 N–H and O–H groups in total. The first-order valence-corrected chi connectivity index (χ1v) is 10.7. The fourth-order valence-electron chi connectivity index (χ4n) is 3.26. The van der Waals surface area contributed by atoms with E-state index < -0.39 is 23.0 Å². The van der Waals surface area contributed by atoms with Crippen molar-refractivity contribution in [3.8, 4) is 0 Å². The monoisotopic (exact) mass is 457 g/mol. The lowest BCUT2D eigenvalue weighted by Crippen LogP contribution is -2.42. The zero-order valence-electron chi connectivity index (χ0n) is 16.2. The van der Waals surface area contributed by atoms with Gasteiger partial charge in [-0.2, -0.15) is 0 Å². The maximum Gasteiger partial charge on any atom is 0.332 e. The molecule has 2 heterocycles. The van der Waals surface area contributed by atoms with Gasteiger partial charge in [-0.05, 0) is 29.1 Å². The average molecular weight is 458 g/mol. The summed E-state index contributed by atoms with van der Waals surface area (Å²) in [6.07, 6.45) is 0. The number of hydrogen-bond acceptors (Lipinski definition) is 4. The van der Waals surface area contributed by atoms with E-state index in [1.54, 1.807) is 35.7 Å². The Labute approximate surface area is 185 Å². The predicted molar refractivity (Wildman–Crippen MR) is 119 cm³/mol. The first kappa shape index (κ1) is 21.0. The molecular formula is C22H17ClFN3O3S. The number of rotatable bonds is 6. The van der Waals surface area contributed by atoms with Crippen LogP contribution in [-0.4, -0.2) is 15.0 Å². The van der Waals surface area contributed by atoms with Gasteiger partial charge in [0.1, 0.15) is 17.1 Å². The molecule has 0 saturated carbocycles. The summed E-state index contributed by atoms with van der Waals surface area (Å²) in [7, 11) is 0. The van der Waals surface area contributed by atoms with Crippen molar-refractivity contribution in [3.05, 3.63) is 103 Å². The molecule has 0 atom stereocenters. The Balaban J connectivity index is 1.66. The van der Waals surface area contributed by atoms with Crippen molar-refractivity contribution >= 4 is 39.1 Å². The molecule has 31 heavy (non-hydrogen) atoms. The largest absolute Gasteiger partial charge is 0.350 e. The Morgan fingerprint density at radius 3 is 2.45 bits per heavy atom. The van der Waals surface area contributed by atoms with Gasteiger partial charge in [0.25, 0.3) is 5.56 Å². The first-order chi connectivity index (χ1) is 15.0. The van der Waals surface area contributed by atoms with Gasteiger partial charge in [0.05, 0.1) is 12.1 Å². The summed E-state index contributed by atoms with van der Waals surface area (Å²) in [5.74, 6) is -0.922. The number of halogens is 2. The second-order valence-electron chi connectivity index (χ2n) is 6.85. The minimum Gasteiger partial charge on any atom is -0.350 e. The van der Waals surface area contributed by atoms with Crippen molar-refractivity contribution in [2.24, 2.45) is 0 Å². The number of nitrogens with one attached hydrogen (secondary N) is 1. The fraction of sp³-hybridized carbons (Fsp3) is 0.136. The van der Waals surface area contributed by atoms with Gasteiger partial charge in [0, 0.05) is 17.1 Å². The lowest BCUT2D eigenvalue weighted by Gasteiger charge is -2.13. The van der Waals surface area contributed by atoms with Crippen molar-refractivity contribution in [1.82, 2.24) is 14.5 Å². The van der Waals surface area contributed by atoms with Crippen LogP contribution in [-0.2, 0) is 24.4 Å². The number of carbonyl (C=O) groups is 1. The fourth-order valence-corrected chi connectivity index (χ4v) is 4.30. The highest BCUT2D eigenvalue weighted by molar-refractivity contribution is 7.17. The zero-order valence-corrected chi connectivity index (χ0v) is 17.8. The summed E-state index contributed by atoms with van der Waals surface area (Å²) >= 11 is 7.28. The van der Waals surface area contributed by atoms with Crippen LogP contribution in [0, 0.1) is 5.82 Å². The van der Waals surface area contributed by atoms with E-state index in [0.29, 0.717) is 15.2 Å². The highest BCUT2D eigenvalue weighted by Crippen LogP contribution is 2.17. The Kier molecular flexibility index (Phi) is 6.01. The number of nitrogens with zero attached hydrogens (tertiary/aromatic N) is 2. The van der Waals surface area contributed by atoms with Gasteiger partial charge in [-0.15, -0.1) is 11.3 Å². The second-order valence-corrected chi connectivity index (χ2v) is 8.18. The van der Waals surface area contributed by atoms with Gasteiger partial charge in [-0.3, -0.25) is 18.7 Å². The highest BCUT2D eigenvalue weighted by Gasteiger charge is 2.17. The second kappa shape index (κ2) is 8.87. The molecule has 0 aliphatic carbocycles. The van der Waals surface area contributed by atoms with Crippen LogP contribution in [0.4, 0.5) is 4.39 Å². The minimum atomic E-state index is -0.674. The number of carbonyl (C=O) groups excluding carboxylic acids is 1. The summed E-state index contributed by atoms with van der Waals surface area (Å²) in [4.78, 5) is 38.5. The molecule has 0 radical (unpaired) electrons. The standard InChI is InChI=1S/C22H17ClFN3O3S/c23-16-7-3-1-5-14(16)11-25-19(28)13-26-18-9-10-31-20(18)21(29)27(22(26)30)12-15-6-2-4-8-17(15)24/h1-10H,11-13H2,(H,25,28). The maximum absolute atomic E-state index is 14.1. The molecule has 0 spiro atoms. The summed E-state index contributed by atoms with van der Waals surface area (Å²) < 4.78 is 16.6. The van der Waals surface area contributed by atoms with Crippen molar-refractivity contribution < 1.29 is 9.18 Å². The Morgan fingerprint density at radius 1 is 1.00 bits per heavy atom. The molecule has 158 valence electrons. The van der Waals surface area contributed by atoms with Gasteiger partial charge < -0.3 is 5.32 Å². The predicted octanol–water partition coefficient (Wildman–Crippen LogP) is 3.38. The molecule has 0 saturated heterocycles. The average Bonchev–Trinajstić information content (AvgIpc) is 3.25. The summed E-state index contributed by atoms with van der Waals surface area (Å²) in [6, 6.07) is 14.7. The number of benzene rings is 2. The van der Waals surface area contributed by atoms with Crippen molar-refractivity contribution in [2.45, 2.75) is 19.6 Å². The number of thiophene rings is 1. The van der Waals surface area contributed by atoms with Crippen molar-refractivity contribution in [3.63, 3.8) is 0 Å². The van der Waals surface area contributed by atoms with E-state index in [4.69, 9.17) is 11.6 Å². The Hall–Kier alpha value is -3.23. The van der Waals surface area contributed by atoms with Crippen molar-refractivity contribution in [2.75, 3.05) is 0 Å². The van der Waals surface area contributed by atoms with E-state index in [2.05, 4.69) is 5.32 Å². The maximum atomic E-state index is 14.1. The summed E-state index contributed by atoms with van der Waals surface area (Å²) in [5.41, 5.74) is 0.151. The van der Waals surface area contributed by atoms with E-state index in [0.717, 1.165) is 10.1 Å². The van der Waals surface area contributed by atoms with Gasteiger partial charge in [-0.25, -0.2) is 9.18 Å². The third-order valence-corrected chi connectivity index (χ3v) is 6.12. The topological polar surface area (TPSA) is 73.1 Å². The zero-order chi connectivity index (χ0) is 22.0. The molecule has 6 nitrogen and oxygen atoms in total. The van der Waals surface area contributed by atoms with Crippen LogP contribution in [0.15, 0.2) is 69.6 Å². The van der Waals surface area contributed by atoms with E-state index >= 15 is 0 Å². The number of aromatic nitrogens is 2. The number of fused-ring (bicyclic) bond motifs is 1. The quantitative estimate of drug-likeness (QED) is 0.482. The molecule has 0 unspecified atom stereocenters. The number of amides is 1.